The molecule has 1 aliphatic rings. The molecule has 0 amide bonds. The number of rotatable bonds is 2. The number of hydrogen-bond donors (Lipinski definition) is 2. The van der Waals surface area contributed by atoms with Crippen LogP contribution < -0.4 is 0 Å². The summed E-state index contributed by atoms with van der Waals surface area (Å²) < 4.78 is 0. The Balaban J connectivity index is 2.25. The fourth-order valence-electron chi connectivity index (χ4n) is 1.79. The fraction of sp³-hybridized carbons (Fsp3) is 0.333. The van der Waals surface area contributed by atoms with Gasteiger partial charge in [0, 0.05) is 0 Å². The molecule has 0 spiro atoms. The summed E-state index contributed by atoms with van der Waals surface area (Å²) in [6, 6.07) is 9.50. The molecule has 2 atom stereocenters. The Hall–Kier alpha value is -1.12. The Morgan fingerprint density at radius 1 is 1.36 bits per heavy atom. The molecule has 0 heterocycles. The monoisotopic (exact) mass is 190 g/mol. The Morgan fingerprint density at radius 3 is 2.43 bits per heavy atom. The summed E-state index contributed by atoms with van der Waals surface area (Å²) in [6.45, 7) is 3.86. The summed E-state index contributed by atoms with van der Waals surface area (Å²) in [5.74, 6) is 0. The first-order valence-corrected chi connectivity index (χ1v) is 4.80. The molecule has 74 valence electrons. The lowest BCUT2D eigenvalue weighted by molar-refractivity contribution is -0.102. The maximum atomic E-state index is 10.1. The molecular formula is C12H14O2. The second-order valence-electron chi connectivity index (χ2n) is 3.82. The van der Waals surface area contributed by atoms with E-state index in [-0.39, 0.29) is 0 Å². The van der Waals surface area contributed by atoms with Gasteiger partial charge in [0.25, 0.3) is 0 Å². The highest BCUT2D eigenvalue weighted by atomic mass is 16.3. The molecule has 1 aliphatic carbocycles. The van der Waals surface area contributed by atoms with E-state index in [9.17, 15) is 10.2 Å². The Morgan fingerprint density at radius 2 is 2.00 bits per heavy atom. The SMILES string of the molecule is C=C(c1ccccc1)C1(O)CCC1O. The van der Waals surface area contributed by atoms with Crippen LogP contribution in [0.15, 0.2) is 36.9 Å². The van der Waals surface area contributed by atoms with Crippen molar-refractivity contribution in [3.8, 4) is 0 Å². The van der Waals surface area contributed by atoms with Crippen LogP contribution in [-0.4, -0.2) is 21.9 Å². The molecule has 1 aromatic rings. The first kappa shape index (κ1) is 9.44. The molecule has 0 radical (unpaired) electrons. The maximum Gasteiger partial charge on any atom is 0.115 e. The van der Waals surface area contributed by atoms with Gasteiger partial charge in [0.2, 0.25) is 0 Å². The predicted octanol–water partition coefficient (Wildman–Crippen LogP) is 1.59. The molecule has 2 heteroatoms. The van der Waals surface area contributed by atoms with Crippen LogP contribution in [0.5, 0.6) is 0 Å². The van der Waals surface area contributed by atoms with E-state index >= 15 is 0 Å². The molecule has 14 heavy (non-hydrogen) atoms. The molecule has 0 bridgehead atoms. The molecule has 2 N–H and O–H groups in total. The molecule has 0 saturated heterocycles. The van der Waals surface area contributed by atoms with Gasteiger partial charge < -0.3 is 10.2 Å². The third kappa shape index (κ3) is 1.27. The van der Waals surface area contributed by atoms with E-state index in [1.54, 1.807) is 0 Å². The van der Waals surface area contributed by atoms with Crippen molar-refractivity contribution in [3.05, 3.63) is 42.5 Å². The van der Waals surface area contributed by atoms with Crippen LogP contribution in [0.3, 0.4) is 0 Å². The summed E-state index contributed by atoms with van der Waals surface area (Å²) in [6.07, 6.45) is 0.597. The van der Waals surface area contributed by atoms with Crippen LogP contribution >= 0.6 is 0 Å². The Labute approximate surface area is 83.5 Å². The number of aliphatic hydroxyl groups is 2. The van der Waals surface area contributed by atoms with Gasteiger partial charge in [-0.25, -0.2) is 0 Å². The molecule has 2 nitrogen and oxygen atoms in total. The third-order valence-corrected chi connectivity index (χ3v) is 3.00. The largest absolute Gasteiger partial charge is 0.390 e. The summed E-state index contributed by atoms with van der Waals surface area (Å²) in [5, 5.41) is 19.5. The predicted molar refractivity (Wildman–Crippen MR) is 55.7 cm³/mol. The molecule has 2 rings (SSSR count). The molecule has 0 aromatic heterocycles. The van der Waals surface area contributed by atoms with Crippen LogP contribution in [0, 0.1) is 0 Å². The van der Waals surface area contributed by atoms with Gasteiger partial charge in [-0.3, -0.25) is 0 Å². The van der Waals surface area contributed by atoms with E-state index in [4.69, 9.17) is 0 Å². The van der Waals surface area contributed by atoms with E-state index in [1.165, 1.54) is 0 Å². The zero-order valence-electron chi connectivity index (χ0n) is 7.98. The highest BCUT2D eigenvalue weighted by Crippen LogP contribution is 2.41. The van der Waals surface area contributed by atoms with E-state index in [1.807, 2.05) is 30.3 Å². The minimum atomic E-state index is -1.10. The summed E-state index contributed by atoms with van der Waals surface area (Å²) in [7, 11) is 0. The zero-order chi connectivity index (χ0) is 10.2. The maximum absolute atomic E-state index is 10.1. The van der Waals surface area contributed by atoms with Crippen LogP contribution in [0.25, 0.3) is 5.57 Å². The highest BCUT2D eigenvalue weighted by molar-refractivity contribution is 5.71. The average Bonchev–Trinajstić information content (AvgIpc) is 2.26. The van der Waals surface area contributed by atoms with Crippen LogP contribution in [0.1, 0.15) is 18.4 Å². The number of hydrogen-bond acceptors (Lipinski definition) is 2. The van der Waals surface area contributed by atoms with Gasteiger partial charge in [-0.2, -0.15) is 0 Å². The Bertz CT molecular complexity index is 345. The van der Waals surface area contributed by atoms with Crippen molar-refractivity contribution in [2.75, 3.05) is 0 Å². The molecule has 1 saturated carbocycles. The zero-order valence-corrected chi connectivity index (χ0v) is 7.98. The second kappa shape index (κ2) is 3.23. The standard InChI is InChI=1S/C12H14O2/c1-9(10-5-3-2-4-6-10)12(14)8-7-11(12)13/h2-6,11,13-14H,1,7-8H2. The molecule has 1 fully saturated rings. The van der Waals surface area contributed by atoms with Gasteiger partial charge >= 0.3 is 0 Å². The topological polar surface area (TPSA) is 40.5 Å². The van der Waals surface area contributed by atoms with E-state index in [2.05, 4.69) is 6.58 Å². The van der Waals surface area contributed by atoms with Crippen molar-refractivity contribution in [1.82, 2.24) is 0 Å². The molecular weight excluding hydrogens is 176 g/mol. The minimum Gasteiger partial charge on any atom is -0.390 e. The van der Waals surface area contributed by atoms with Gasteiger partial charge in [0.1, 0.15) is 5.60 Å². The van der Waals surface area contributed by atoms with E-state index in [0.717, 1.165) is 5.56 Å². The lowest BCUT2D eigenvalue weighted by Crippen LogP contribution is -2.52. The van der Waals surface area contributed by atoms with Gasteiger partial charge in [0.05, 0.1) is 6.10 Å². The lowest BCUT2D eigenvalue weighted by atomic mass is 9.70. The smallest absolute Gasteiger partial charge is 0.115 e. The third-order valence-electron chi connectivity index (χ3n) is 3.00. The molecule has 0 aliphatic heterocycles. The summed E-state index contributed by atoms with van der Waals surface area (Å²) in [5.41, 5.74) is 0.423. The number of aliphatic hydroxyl groups excluding tert-OH is 1. The van der Waals surface area contributed by atoms with Crippen molar-refractivity contribution in [1.29, 1.82) is 0 Å². The van der Waals surface area contributed by atoms with Crippen molar-refractivity contribution in [2.24, 2.45) is 0 Å². The van der Waals surface area contributed by atoms with E-state index in [0.29, 0.717) is 18.4 Å². The average molecular weight is 190 g/mol. The van der Waals surface area contributed by atoms with Crippen molar-refractivity contribution < 1.29 is 10.2 Å². The van der Waals surface area contributed by atoms with Crippen molar-refractivity contribution in [2.45, 2.75) is 24.5 Å². The lowest BCUT2D eigenvalue weighted by Gasteiger charge is -2.43. The number of benzene rings is 1. The van der Waals surface area contributed by atoms with Crippen molar-refractivity contribution >= 4 is 5.57 Å². The highest BCUT2D eigenvalue weighted by Gasteiger charge is 2.46. The van der Waals surface area contributed by atoms with Crippen LogP contribution in [0.2, 0.25) is 0 Å². The van der Waals surface area contributed by atoms with Gasteiger partial charge in [0.15, 0.2) is 0 Å². The quantitative estimate of drug-likeness (QED) is 0.743. The summed E-state index contributed by atoms with van der Waals surface area (Å²) in [4.78, 5) is 0. The fourth-order valence-corrected chi connectivity index (χ4v) is 1.79. The Kier molecular flexibility index (Phi) is 2.17. The first-order chi connectivity index (χ1) is 6.64. The van der Waals surface area contributed by atoms with Crippen LogP contribution in [0.4, 0.5) is 0 Å². The van der Waals surface area contributed by atoms with Gasteiger partial charge in [-0.15, -0.1) is 0 Å². The molecule has 2 unspecified atom stereocenters. The minimum absolute atomic E-state index is 0.599. The van der Waals surface area contributed by atoms with Gasteiger partial charge in [-0.05, 0) is 24.0 Å². The first-order valence-electron chi connectivity index (χ1n) is 4.80. The van der Waals surface area contributed by atoms with Crippen molar-refractivity contribution in [3.63, 3.8) is 0 Å². The normalized spacial score (nSPS) is 30.9. The van der Waals surface area contributed by atoms with Crippen LogP contribution in [-0.2, 0) is 0 Å². The molecule has 1 aromatic carbocycles. The van der Waals surface area contributed by atoms with E-state index < -0.39 is 11.7 Å². The van der Waals surface area contributed by atoms with Gasteiger partial charge in [-0.1, -0.05) is 36.9 Å². The second-order valence-corrected chi connectivity index (χ2v) is 3.82. The summed E-state index contributed by atoms with van der Waals surface area (Å²) >= 11 is 0.